The zero-order valence-corrected chi connectivity index (χ0v) is 13.0. The van der Waals surface area contributed by atoms with Gasteiger partial charge in [0.05, 0.1) is 6.61 Å². The quantitative estimate of drug-likeness (QED) is 0.652. The third-order valence-electron chi connectivity index (χ3n) is 3.55. The van der Waals surface area contributed by atoms with Gasteiger partial charge < -0.3 is 14.0 Å². The summed E-state index contributed by atoms with van der Waals surface area (Å²) in [5, 5.41) is 4.02. The van der Waals surface area contributed by atoms with Crippen LogP contribution in [0.1, 0.15) is 70.2 Å². The van der Waals surface area contributed by atoms with E-state index in [-0.39, 0.29) is 12.1 Å². The van der Waals surface area contributed by atoms with Gasteiger partial charge in [-0.1, -0.05) is 18.5 Å². The summed E-state index contributed by atoms with van der Waals surface area (Å²) in [5.74, 6) is 0.602. The fourth-order valence-electron chi connectivity index (χ4n) is 2.38. The van der Waals surface area contributed by atoms with Crippen molar-refractivity contribution in [3.05, 3.63) is 11.7 Å². The van der Waals surface area contributed by atoms with Crippen molar-refractivity contribution in [1.82, 2.24) is 10.1 Å². The first kappa shape index (κ1) is 15.9. The second kappa shape index (κ2) is 7.54. The van der Waals surface area contributed by atoms with Gasteiger partial charge in [0.1, 0.15) is 12.0 Å². The highest BCUT2D eigenvalue weighted by atomic mass is 16.5. The second-order valence-corrected chi connectivity index (χ2v) is 5.30. The van der Waals surface area contributed by atoms with Crippen LogP contribution in [0.4, 0.5) is 0 Å². The summed E-state index contributed by atoms with van der Waals surface area (Å²) in [7, 11) is 0. The summed E-state index contributed by atoms with van der Waals surface area (Å²) < 4.78 is 16.1. The largest absolute Gasteiger partial charge is 0.465 e. The maximum absolute atomic E-state index is 12.0. The van der Waals surface area contributed by atoms with E-state index in [1.165, 1.54) is 0 Å². The van der Waals surface area contributed by atoms with Crippen molar-refractivity contribution in [2.75, 3.05) is 13.2 Å². The minimum absolute atomic E-state index is 0.114. The average Bonchev–Trinajstić information content (AvgIpc) is 3.20. The lowest BCUT2D eigenvalue weighted by atomic mass is 10.0. The van der Waals surface area contributed by atoms with Crippen molar-refractivity contribution in [2.24, 2.45) is 5.92 Å². The van der Waals surface area contributed by atoms with Crippen molar-refractivity contribution < 1.29 is 18.8 Å². The Kier molecular flexibility index (Phi) is 5.73. The number of hydrogen-bond acceptors (Lipinski definition) is 6. The molecule has 0 amide bonds. The highest BCUT2D eigenvalue weighted by Gasteiger charge is 2.37. The van der Waals surface area contributed by atoms with Crippen molar-refractivity contribution in [3.63, 3.8) is 0 Å². The molecule has 1 fully saturated rings. The van der Waals surface area contributed by atoms with Gasteiger partial charge in [0.2, 0.25) is 11.7 Å². The molecule has 0 radical (unpaired) electrons. The summed E-state index contributed by atoms with van der Waals surface area (Å²) in [5.41, 5.74) is 0. The number of aromatic nitrogens is 2. The number of carbonyl (C=O) groups is 1. The third kappa shape index (κ3) is 4.03. The lowest BCUT2D eigenvalue weighted by molar-refractivity contribution is -0.145. The molecule has 2 atom stereocenters. The van der Waals surface area contributed by atoms with Crippen LogP contribution in [0, 0.1) is 5.92 Å². The van der Waals surface area contributed by atoms with Crippen molar-refractivity contribution in [1.29, 1.82) is 0 Å². The molecule has 0 aromatic carbocycles. The summed E-state index contributed by atoms with van der Waals surface area (Å²) >= 11 is 0. The van der Waals surface area contributed by atoms with Crippen LogP contribution in [-0.4, -0.2) is 29.3 Å². The standard InChI is InChI=1S/C15H24N2O4/c1-4-7-11(15(18)20-6-3)14-16-13(17-21-14)12(19-5-2)10-8-9-10/h10-12H,4-9H2,1-3H3. The Balaban J connectivity index is 2.13. The first-order valence-electron chi connectivity index (χ1n) is 7.82. The van der Waals surface area contributed by atoms with Crippen LogP contribution in [0.5, 0.6) is 0 Å². The van der Waals surface area contributed by atoms with Crippen molar-refractivity contribution in [3.8, 4) is 0 Å². The van der Waals surface area contributed by atoms with Gasteiger partial charge in [-0.2, -0.15) is 4.98 Å². The van der Waals surface area contributed by atoms with Gasteiger partial charge in [0.25, 0.3) is 0 Å². The lowest BCUT2D eigenvalue weighted by Crippen LogP contribution is -2.16. The number of rotatable bonds is 9. The summed E-state index contributed by atoms with van der Waals surface area (Å²) in [6.07, 6.45) is 3.63. The van der Waals surface area contributed by atoms with Crippen LogP contribution in [0.2, 0.25) is 0 Å². The fraction of sp³-hybridized carbons (Fsp3) is 0.800. The Bertz CT molecular complexity index is 456. The average molecular weight is 296 g/mol. The van der Waals surface area contributed by atoms with Crippen LogP contribution in [-0.2, 0) is 14.3 Å². The summed E-state index contributed by atoms with van der Waals surface area (Å²) in [6, 6.07) is 0. The minimum atomic E-state index is -0.474. The van der Waals surface area contributed by atoms with Gasteiger partial charge in [-0.15, -0.1) is 0 Å². The smallest absolute Gasteiger partial charge is 0.318 e. The molecule has 0 spiro atoms. The van der Waals surface area contributed by atoms with Crippen molar-refractivity contribution in [2.45, 2.75) is 58.5 Å². The first-order chi connectivity index (χ1) is 10.2. The molecular formula is C15H24N2O4. The molecule has 6 nitrogen and oxygen atoms in total. The van der Waals surface area contributed by atoms with Gasteiger partial charge in [-0.3, -0.25) is 4.79 Å². The van der Waals surface area contributed by atoms with E-state index in [2.05, 4.69) is 10.1 Å². The maximum atomic E-state index is 12.0. The molecule has 1 aliphatic carbocycles. The predicted octanol–water partition coefficient (Wildman–Crippen LogP) is 3.00. The van der Waals surface area contributed by atoms with Gasteiger partial charge in [0, 0.05) is 6.61 Å². The first-order valence-corrected chi connectivity index (χ1v) is 7.82. The number of ether oxygens (including phenoxy) is 2. The van der Waals surface area contributed by atoms with Crippen LogP contribution < -0.4 is 0 Å². The molecule has 1 aromatic heterocycles. The fourth-order valence-corrected chi connectivity index (χ4v) is 2.38. The molecule has 2 rings (SSSR count). The molecule has 0 aliphatic heterocycles. The Morgan fingerprint density at radius 2 is 2.10 bits per heavy atom. The Morgan fingerprint density at radius 3 is 2.67 bits per heavy atom. The van der Waals surface area contributed by atoms with E-state index in [9.17, 15) is 4.79 Å². The zero-order valence-electron chi connectivity index (χ0n) is 13.0. The molecule has 1 saturated carbocycles. The zero-order chi connectivity index (χ0) is 15.2. The number of carbonyl (C=O) groups excluding carboxylic acids is 1. The Labute approximate surface area is 125 Å². The lowest BCUT2D eigenvalue weighted by Gasteiger charge is -2.12. The van der Waals surface area contributed by atoms with Crippen LogP contribution >= 0.6 is 0 Å². The second-order valence-electron chi connectivity index (χ2n) is 5.30. The van der Waals surface area contributed by atoms with E-state index in [1.807, 2.05) is 13.8 Å². The minimum Gasteiger partial charge on any atom is -0.465 e. The summed E-state index contributed by atoms with van der Waals surface area (Å²) in [6.45, 7) is 6.72. The molecule has 1 aromatic rings. The molecule has 1 aliphatic rings. The molecule has 21 heavy (non-hydrogen) atoms. The van der Waals surface area contributed by atoms with E-state index in [4.69, 9.17) is 14.0 Å². The summed E-state index contributed by atoms with van der Waals surface area (Å²) in [4.78, 5) is 16.4. The Hall–Kier alpha value is -1.43. The molecule has 6 heteroatoms. The molecule has 0 saturated heterocycles. The number of esters is 1. The van der Waals surface area contributed by atoms with Crippen LogP contribution in [0.25, 0.3) is 0 Å². The molecule has 1 heterocycles. The van der Waals surface area contributed by atoms with Gasteiger partial charge in [0.15, 0.2) is 0 Å². The molecule has 2 unspecified atom stereocenters. The van der Waals surface area contributed by atoms with E-state index < -0.39 is 5.92 Å². The highest BCUT2D eigenvalue weighted by Crippen LogP contribution is 2.42. The van der Waals surface area contributed by atoms with E-state index in [0.717, 1.165) is 19.3 Å². The molecule has 118 valence electrons. The Morgan fingerprint density at radius 1 is 1.33 bits per heavy atom. The number of nitrogens with zero attached hydrogens (tertiary/aromatic N) is 2. The highest BCUT2D eigenvalue weighted by molar-refractivity contribution is 5.76. The normalized spacial score (nSPS) is 17.5. The van der Waals surface area contributed by atoms with E-state index >= 15 is 0 Å². The van der Waals surface area contributed by atoms with Gasteiger partial charge >= 0.3 is 5.97 Å². The molecular weight excluding hydrogens is 272 g/mol. The predicted molar refractivity (Wildman–Crippen MR) is 75.7 cm³/mol. The van der Waals surface area contributed by atoms with Crippen LogP contribution in [0.3, 0.4) is 0 Å². The molecule has 0 bridgehead atoms. The topological polar surface area (TPSA) is 74.5 Å². The van der Waals surface area contributed by atoms with E-state index in [1.54, 1.807) is 6.92 Å². The SMILES string of the molecule is CCCC(C(=O)OCC)c1nc(C(OCC)C2CC2)no1. The van der Waals surface area contributed by atoms with Crippen LogP contribution in [0.15, 0.2) is 4.52 Å². The van der Waals surface area contributed by atoms with Crippen molar-refractivity contribution >= 4 is 5.97 Å². The van der Waals surface area contributed by atoms with Gasteiger partial charge in [-0.05, 0) is 39.0 Å². The van der Waals surface area contributed by atoms with Gasteiger partial charge in [-0.25, -0.2) is 0 Å². The maximum Gasteiger partial charge on any atom is 0.318 e. The number of hydrogen-bond donors (Lipinski definition) is 0. The third-order valence-corrected chi connectivity index (χ3v) is 3.55. The monoisotopic (exact) mass is 296 g/mol. The molecule has 0 N–H and O–H groups in total. The van der Waals surface area contributed by atoms with E-state index in [0.29, 0.717) is 37.3 Å².